The Morgan fingerprint density at radius 1 is 1.12 bits per heavy atom. The second kappa shape index (κ2) is 5.09. The van der Waals surface area contributed by atoms with E-state index < -0.39 is 10.1 Å². The van der Waals surface area contributed by atoms with Gasteiger partial charge >= 0.3 is 10.1 Å². The summed E-state index contributed by atoms with van der Waals surface area (Å²) in [6.45, 7) is 0. The fourth-order valence-electron chi connectivity index (χ4n) is 1.12. The minimum Gasteiger partial charge on any atom is -0.378 e. The van der Waals surface area contributed by atoms with Crippen molar-refractivity contribution in [1.82, 2.24) is 0 Å². The first-order valence-electron chi connectivity index (χ1n) is 4.43. The minimum atomic E-state index is -3.74. The molecule has 7 heteroatoms. The molecule has 0 N–H and O–H groups in total. The summed E-state index contributed by atoms with van der Waals surface area (Å²) in [7, 11) is -3.74. The first kappa shape index (κ1) is 13.1. The Bertz CT molecular complexity index is 635. The summed E-state index contributed by atoms with van der Waals surface area (Å²) in [6.07, 6.45) is 0. The van der Waals surface area contributed by atoms with Gasteiger partial charge in [-0.05, 0) is 46.3 Å². The van der Waals surface area contributed by atoms with E-state index in [0.29, 0.717) is 0 Å². The maximum atomic E-state index is 11.9. The Kier molecular flexibility index (Phi) is 3.92. The third-order valence-corrected chi connectivity index (χ3v) is 5.61. The second-order valence-electron chi connectivity index (χ2n) is 3.05. The van der Waals surface area contributed by atoms with Crippen molar-refractivity contribution in [2.45, 2.75) is 4.21 Å². The van der Waals surface area contributed by atoms with Crippen LogP contribution in [0.3, 0.4) is 0 Å². The molecule has 1 aromatic heterocycles. The molecule has 17 heavy (non-hydrogen) atoms. The molecule has 1 heterocycles. The quantitative estimate of drug-likeness (QED) is 0.734. The van der Waals surface area contributed by atoms with Gasteiger partial charge in [0.25, 0.3) is 0 Å². The SMILES string of the molecule is O=S(=O)(Oc1cccc(Br)c1)c1ccc(Br)s1. The van der Waals surface area contributed by atoms with Crippen molar-refractivity contribution in [3.05, 3.63) is 44.7 Å². The molecule has 0 aliphatic carbocycles. The van der Waals surface area contributed by atoms with Gasteiger partial charge in [0.15, 0.2) is 4.21 Å². The van der Waals surface area contributed by atoms with Crippen molar-refractivity contribution in [2.75, 3.05) is 0 Å². The summed E-state index contributed by atoms with van der Waals surface area (Å²) in [5.74, 6) is 0.281. The molecule has 2 aromatic rings. The average molecular weight is 398 g/mol. The van der Waals surface area contributed by atoms with Crippen LogP contribution in [0.4, 0.5) is 0 Å². The van der Waals surface area contributed by atoms with Crippen LogP contribution in [0.15, 0.2) is 48.9 Å². The van der Waals surface area contributed by atoms with Crippen LogP contribution in [0, 0.1) is 0 Å². The number of halogens is 2. The predicted octanol–water partition coefficient (Wildman–Crippen LogP) is 4.04. The predicted molar refractivity (Wildman–Crippen MR) is 74.0 cm³/mol. The van der Waals surface area contributed by atoms with E-state index in [2.05, 4.69) is 31.9 Å². The number of hydrogen-bond acceptors (Lipinski definition) is 4. The van der Waals surface area contributed by atoms with Crippen LogP contribution in [0.5, 0.6) is 5.75 Å². The molecule has 0 unspecified atom stereocenters. The van der Waals surface area contributed by atoms with E-state index in [1.807, 2.05) is 0 Å². The van der Waals surface area contributed by atoms with Crippen molar-refractivity contribution in [3.63, 3.8) is 0 Å². The fraction of sp³-hybridized carbons (Fsp3) is 0. The molecule has 0 saturated heterocycles. The molecule has 0 atom stereocenters. The smallest absolute Gasteiger partial charge is 0.348 e. The van der Waals surface area contributed by atoms with Gasteiger partial charge in [-0.15, -0.1) is 11.3 Å². The lowest BCUT2D eigenvalue weighted by molar-refractivity contribution is 0.488. The lowest BCUT2D eigenvalue weighted by Crippen LogP contribution is -2.07. The minimum absolute atomic E-state index is 0.171. The van der Waals surface area contributed by atoms with Gasteiger partial charge in [-0.1, -0.05) is 22.0 Å². The maximum Gasteiger partial charge on any atom is 0.348 e. The van der Waals surface area contributed by atoms with Crippen LogP contribution in [-0.4, -0.2) is 8.42 Å². The van der Waals surface area contributed by atoms with Crippen molar-refractivity contribution in [3.8, 4) is 5.75 Å². The molecular weight excluding hydrogens is 392 g/mol. The molecule has 90 valence electrons. The lowest BCUT2D eigenvalue weighted by Gasteiger charge is -2.04. The number of hydrogen-bond donors (Lipinski definition) is 0. The highest BCUT2D eigenvalue weighted by atomic mass is 79.9. The van der Waals surface area contributed by atoms with E-state index in [9.17, 15) is 8.42 Å². The maximum absolute atomic E-state index is 11.9. The Hall–Kier alpha value is -0.370. The highest BCUT2D eigenvalue weighted by Crippen LogP contribution is 2.29. The molecule has 0 aliphatic rings. The van der Waals surface area contributed by atoms with Gasteiger partial charge in [0.2, 0.25) is 0 Å². The fourth-order valence-corrected chi connectivity index (χ4v) is 4.39. The number of benzene rings is 1. The lowest BCUT2D eigenvalue weighted by atomic mass is 10.3. The Morgan fingerprint density at radius 2 is 1.88 bits per heavy atom. The van der Waals surface area contributed by atoms with Gasteiger partial charge < -0.3 is 4.18 Å². The summed E-state index contributed by atoms with van der Waals surface area (Å²) in [5, 5.41) is 0. The molecule has 0 saturated carbocycles. The molecule has 0 bridgehead atoms. The normalized spacial score (nSPS) is 11.4. The zero-order chi connectivity index (χ0) is 12.5. The van der Waals surface area contributed by atoms with Crippen LogP contribution in [0.1, 0.15) is 0 Å². The molecule has 0 fully saturated rings. The number of rotatable bonds is 3. The molecule has 0 amide bonds. The molecule has 0 spiro atoms. The standard InChI is InChI=1S/C10H6Br2O3S2/c11-7-2-1-3-8(6-7)15-17(13,14)10-5-4-9(12)16-10/h1-6H. The molecule has 0 radical (unpaired) electrons. The average Bonchev–Trinajstić information content (AvgIpc) is 2.65. The molecule has 2 rings (SSSR count). The van der Waals surface area contributed by atoms with E-state index in [1.165, 1.54) is 6.07 Å². The third kappa shape index (κ3) is 3.31. The van der Waals surface area contributed by atoms with E-state index >= 15 is 0 Å². The Balaban J connectivity index is 2.29. The third-order valence-electron chi connectivity index (χ3n) is 1.80. The van der Waals surface area contributed by atoms with Crippen molar-refractivity contribution < 1.29 is 12.6 Å². The zero-order valence-corrected chi connectivity index (χ0v) is 13.1. The Labute approximate surface area is 120 Å². The van der Waals surface area contributed by atoms with Gasteiger partial charge in [-0.3, -0.25) is 0 Å². The van der Waals surface area contributed by atoms with Crippen LogP contribution in [0.25, 0.3) is 0 Å². The van der Waals surface area contributed by atoms with Gasteiger partial charge in [-0.2, -0.15) is 8.42 Å². The van der Waals surface area contributed by atoms with E-state index in [-0.39, 0.29) is 9.96 Å². The van der Waals surface area contributed by atoms with Crippen LogP contribution < -0.4 is 4.18 Å². The van der Waals surface area contributed by atoms with E-state index in [4.69, 9.17) is 4.18 Å². The molecule has 3 nitrogen and oxygen atoms in total. The molecule has 0 aliphatic heterocycles. The van der Waals surface area contributed by atoms with Crippen molar-refractivity contribution in [2.24, 2.45) is 0 Å². The van der Waals surface area contributed by atoms with E-state index in [1.54, 1.807) is 30.3 Å². The second-order valence-corrected chi connectivity index (χ2v) is 8.21. The van der Waals surface area contributed by atoms with Gasteiger partial charge in [0.1, 0.15) is 5.75 Å². The first-order valence-corrected chi connectivity index (χ1v) is 8.24. The molecule has 1 aromatic carbocycles. The van der Waals surface area contributed by atoms with Crippen molar-refractivity contribution in [1.29, 1.82) is 0 Å². The highest BCUT2D eigenvalue weighted by Gasteiger charge is 2.18. The van der Waals surface area contributed by atoms with E-state index in [0.717, 1.165) is 19.6 Å². The van der Waals surface area contributed by atoms with Crippen LogP contribution in [0.2, 0.25) is 0 Å². The summed E-state index contributed by atoms with van der Waals surface area (Å²) in [6, 6.07) is 9.86. The van der Waals surface area contributed by atoms with Gasteiger partial charge in [-0.25, -0.2) is 0 Å². The summed E-state index contributed by atoms with van der Waals surface area (Å²) in [4.78, 5) is 0. The molecular formula is C10H6Br2O3S2. The summed E-state index contributed by atoms with van der Waals surface area (Å²) >= 11 is 7.57. The largest absolute Gasteiger partial charge is 0.378 e. The van der Waals surface area contributed by atoms with Crippen LogP contribution >= 0.6 is 43.2 Å². The topological polar surface area (TPSA) is 43.4 Å². The number of thiophene rings is 1. The van der Waals surface area contributed by atoms with Gasteiger partial charge in [0, 0.05) is 4.47 Å². The summed E-state index contributed by atoms with van der Waals surface area (Å²) < 4.78 is 30.4. The van der Waals surface area contributed by atoms with Crippen LogP contribution in [-0.2, 0) is 10.1 Å². The highest BCUT2D eigenvalue weighted by molar-refractivity contribution is 9.11. The van der Waals surface area contributed by atoms with Gasteiger partial charge in [0.05, 0.1) is 3.79 Å². The Morgan fingerprint density at radius 3 is 2.47 bits per heavy atom. The first-order chi connectivity index (χ1) is 7.97. The monoisotopic (exact) mass is 396 g/mol. The summed E-state index contributed by atoms with van der Waals surface area (Å²) in [5.41, 5.74) is 0. The van der Waals surface area contributed by atoms with Crippen molar-refractivity contribution >= 4 is 53.3 Å². The zero-order valence-electron chi connectivity index (χ0n) is 8.26.